The minimum Gasteiger partial charge on any atom is -0.294 e. The van der Waals surface area contributed by atoms with Crippen LogP contribution >= 0.6 is 0 Å². The third-order valence-electron chi connectivity index (χ3n) is 1.86. The maximum Gasteiger partial charge on any atom is 0.227 e. The standard InChI is InChI=1S/C9H11NO2/c1-6-9(7(2)11)4-5-10(6)8(3)12/h4-5H,1-3H3. The number of ketones is 1. The zero-order valence-electron chi connectivity index (χ0n) is 7.42. The summed E-state index contributed by atoms with van der Waals surface area (Å²) < 4.78 is 1.47. The molecule has 1 rings (SSSR count). The van der Waals surface area contributed by atoms with Crippen LogP contribution in [0.25, 0.3) is 0 Å². The number of aromatic nitrogens is 1. The molecule has 1 heterocycles. The molecule has 12 heavy (non-hydrogen) atoms. The summed E-state index contributed by atoms with van der Waals surface area (Å²) in [6.07, 6.45) is 1.62. The molecule has 0 unspecified atom stereocenters. The molecule has 0 aliphatic carbocycles. The van der Waals surface area contributed by atoms with Gasteiger partial charge in [0, 0.05) is 24.4 Å². The molecule has 0 radical (unpaired) electrons. The summed E-state index contributed by atoms with van der Waals surface area (Å²) >= 11 is 0. The van der Waals surface area contributed by atoms with E-state index in [-0.39, 0.29) is 11.7 Å². The number of Topliss-reactive ketones (excluding diaryl/α,β-unsaturated/α-hetero) is 1. The van der Waals surface area contributed by atoms with E-state index in [1.807, 2.05) is 0 Å². The minimum atomic E-state index is -0.0694. The highest BCUT2D eigenvalue weighted by Crippen LogP contribution is 2.09. The van der Waals surface area contributed by atoms with Gasteiger partial charge in [-0.2, -0.15) is 0 Å². The number of hydrogen-bond acceptors (Lipinski definition) is 2. The van der Waals surface area contributed by atoms with Gasteiger partial charge in [-0.15, -0.1) is 0 Å². The van der Waals surface area contributed by atoms with Gasteiger partial charge >= 0.3 is 0 Å². The predicted octanol–water partition coefficient (Wildman–Crippen LogP) is 1.66. The second-order valence-corrected chi connectivity index (χ2v) is 2.76. The van der Waals surface area contributed by atoms with Crippen molar-refractivity contribution < 1.29 is 9.59 Å². The van der Waals surface area contributed by atoms with Crippen molar-refractivity contribution in [3.05, 3.63) is 23.5 Å². The lowest BCUT2D eigenvalue weighted by molar-refractivity contribution is 0.0935. The lowest BCUT2D eigenvalue weighted by atomic mass is 10.2. The largest absolute Gasteiger partial charge is 0.294 e. The average Bonchev–Trinajstić information content (AvgIpc) is 2.30. The number of carbonyl (C=O) groups excluding carboxylic acids is 2. The van der Waals surface area contributed by atoms with Crippen molar-refractivity contribution >= 4 is 11.7 Å². The molecule has 0 spiro atoms. The van der Waals surface area contributed by atoms with Crippen molar-refractivity contribution in [1.82, 2.24) is 4.57 Å². The van der Waals surface area contributed by atoms with Gasteiger partial charge in [-0.05, 0) is 19.9 Å². The second-order valence-electron chi connectivity index (χ2n) is 2.76. The van der Waals surface area contributed by atoms with Crippen molar-refractivity contribution in [3.8, 4) is 0 Å². The first-order chi connectivity index (χ1) is 5.54. The van der Waals surface area contributed by atoms with Gasteiger partial charge in [0.05, 0.1) is 0 Å². The summed E-state index contributed by atoms with van der Waals surface area (Å²) in [5.41, 5.74) is 1.33. The highest BCUT2D eigenvalue weighted by Gasteiger charge is 2.09. The first-order valence-electron chi connectivity index (χ1n) is 3.74. The molecule has 0 aliphatic heterocycles. The molecule has 1 aromatic heterocycles. The number of nitrogens with zero attached hydrogens (tertiary/aromatic N) is 1. The van der Waals surface area contributed by atoms with Crippen molar-refractivity contribution in [2.45, 2.75) is 20.8 Å². The molecule has 3 heteroatoms. The zero-order chi connectivity index (χ0) is 9.30. The molecule has 0 aliphatic rings. The van der Waals surface area contributed by atoms with E-state index >= 15 is 0 Å². The van der Waals surface area contributed by atoms with Gasteiger partial charge < -0.3 is 0 Å². The Kier molecular flexibility index (Phi) is 2.13. The van der Waals surface area contributed by atoms with Gasteiger partial charge in [0.2, 0.25) is 5.91 Å². The monoisotopic (exact) mass is 165 g/mol. The first-order valence-corrected chi connectivity index (χ1v) is 3.74. The lowest BCUT2D eigenvalue weighted by Gasteiger charge is -1.99. The van der Waals surface area contributed by atoms with Gasteiger partial charge in [-0.3, -0.25) is 14.2 Å². The quantitative estimate of drug-likeness (QED) is 0.593. The van der Waals surface area contributed by atoms with Gasteiger partial charge in [0.25, 0.3) is 0 Å². The average molecular weight is 165 g/mol. The maximum atomic E-state index is 11.0. The predicted molar refractivity (Wildman–Crippen MR) is 45.5 cm³/mol. The van der Waals surface area contributed by atoms with Crippen LogP contribution in [-0.4, -0.2) is 16.3 Å². The lowest BCUT2D eigenvalue weighted by Crippen LogP contribution is -2.07. The molecular weight excluding hydrogens is 154 g/mol. The highest BCUT2D eigenvalue weighted by atomic mass is 16.2. The SMILES string of the molecule is CC(=O)c1ccn(C(C)=O)c1C. The minimum absolute atomic E-state index is 0.00694. The summed E-state index contributed by atoms with van der Waals surface area (Å²) in [6, 6.07) is 1.67. The summed E-state index contributed by atoms with van der Waals surface area (Å²) in [7, 11) is 0. The Bertz CT molecular complexity index is 305. The van der Waals surface area contributed by atoms with E-state index in [1.54, 1.807) is 19.2 Å². The van der Waals surface area contributed by atoms with Crippen LogP contribution < -0.4 is 0 Å². The van der Waals surface area contributed by atoms with Crippen molar-refractivity contribution in [2.24, 2.45) is 0 Å². The zero-order valence-corrected chi connectivity index (χ0v) is 7.42. The van der Waals surface area contributed by atoms with Crippen LogP contribution in [0.1, 0.15) is 34.7 Å². The van der Waals surface area contributed by atoms with E-state index in [2.05, 4.69) is 0 Å². The van der Waals surface area contributed by atoms with Crippen LogP contribution in [0.15, 0.2) is 12.3 Å². The van der Waals surface area contributed by atoms with Crippen LogP contribution in [0, 0.1) is 6.92 Å². The topological polar surface area (TPSA) is 39.1 Å². The van der Waals surface area contributed by atoms with Crippen molar-refractivity contribution in [1.29, 1.82) is 0 Å². The molecular formula is C9H11NO2. The van der Waals surface area contributed by atoms with Crippen LogP contribution in [-0.2, 0) is 0 Å². The van der Waals surface area contributed by atoms with E-state index in [1.165, 1.54) is 18.4 Å². The molecule has 0 bridgehead atoms. The third kappa shape index (κ3) is 1.30. The molecule has 0 saturated heterocycles. The van der Waals surface area contributed by atoms with E-state index in [0.29, 0.717) is 5.56 Å². The molecule has 0 atom stereocenters. The Balaban J connectivity index is 3.22. The Hall–Kier alpha value is -1.38. The van der Waals surface area contributed by atoms with Crippen LogP contribution in [0.2, 0.25) is 0 Å². The Labute approximate surface area is 71.0 Å². The van der Waals surface area contributed by atoms with Gasteiger partial charge in [-0.25, -0.2) is 0 Å². The van der Waals surface area contributed by atoms with Gasteiger partial charge in [-0.1, -0.05) is 0 Å². The van der Waals surface area contributed by atoms with Crippen LogP contribution in [0.5, 0.6) is 0 Å². The normalized spacial score (nSPS) is 9.92. The smallest absolute Gasteiger partial charge is 0.227 e. The van der Waals surface area contributed by atoms with Crippen molar-refractivity contribution in [2.75, 3.05) is 0 Å². The van der Waals surface area contributed by atoms with E-state index in [0.717, 1.165) is 5.69 Å². The maximum absolute atomic E-state index is 11.0. The fourth-order valence-corrected chi connectivity index (χ4v) is 1.22. The Morgan fingerprint density at radius 2 is 1.92 bits per heavy atom. The van der Waals surface area contributed by atoms with E-state index in [4.69, 9.17) is 0 Å². The van der Waals surface area contributed by atoms with E-state index in [9.17, 15) is 9.59 Å². The fraction of sp³-hybridized carbons (Fsp3) is 0.333. The number of rotatable bonds is 1. The van der Waals surface area contributed by atoms with Crippen molar-refractivity contribution in [3.63, 3.8) is 0 Å². The molecule has 0 fully saturated rings. The third-order valence-corrected chi connectivity index (χ3v) is 1.86. The number of hydrogen-bond donors (Lipinski definition) is 0. The molecule has 3 nitrogen and oxygen atoms in total. The first kappa shape index (κ1) is 8.71. The van der Waals surface area contributed by atoms with Gasteiger partial charge in [0.15, 0.2) is 5.78 Å². The van der Waals surface area contributed by atoms with Gasteiger partial charge in [0.1, 0.15) is 0 Å². The molecule has 0 aromatic carbocycles. The summed E-state index contributed by atoms with van der Waals surface area (Å²) in [6.45, 7) is 4.72. The molecule has 0 N–H and O–H groups in total. The second kappa shape index (κ2) is 2.93. The number of carbonyl (C=O) groups is 2. The molecule has 0 amide bonds. The Morgan fingerprint density at radius 1 is 1.33 bits per heavy atom. The summed E-state index contributed by atoms with van der Waals surface area (Å²) in [5.74, 6) is -0.0764. The molecule has 0 saturated carbocycles. The summed E-state index contributed by atoms with van der Waals surface area (Å²) in [4.78, 5) is 21.9. The Morgan fingerprint density at radius 3 is 2.17 bits per heavy atom. The summed E-state index contributed by atoms with van der Waals surface area (Å²) in [5, 5.41) is 0. The van der Waals surface area contributed by atoms with Crippen LogP contribution in [0.3, 0.4) is 0 Å². The highest BCUT2D eigenvalue weighted by molar-refractivity contribution is 5.96. The van der Waals surface area contributed by atoms with E-state index < -0.39 is 0 Å². The fourth-order valence-electron chi connectivity index (χ4n) is 1.22. The molecule has 64 valence electrons. The molecule has 1 aromatic rings. The van der Waals surface area contributed by atoms with Crippen LogP contribution in [0.4, 0.5) is 0 Å².